The Morgan fingerprint density at radius 3 is 2.43 bits per heavy atom. The first-order valence-corrected chi connectivity index (χ1v) is 5.34. The minimum Gasteiger partial charge on any atom is -0.335 e. The summed E-state index contributed by atoms with van der Waals surface area (Å²) in [7, 11) is 1.94. The number of hydrogen-bond donors (Lipinski definition) is 1. The fourth-order valence-corrected chi connectivity index (χ4v) is 2.42. The Hall–Kier alpha value is -0.570. The van der Waals surface area contributed by atoms with Gasteiger partial charge in [-0.15, -0.1) is 0 Å². The maximum absolute atomic E-state index is 11.8. The minimum atomic E-state index is -0.0427. The second-order valence-electron chi connectivity index (χ2n) is 5.20. The van der Waals surface area contributed by atoms with Gasteiger partial charge in [0.2, 0.25) is 5.91 Å². The van der Waals surface area contributed by atoms with E-state index in [1.54, 1.807) is 0 Å². The monoisotopic (exact) mass is 198 g/mol. The molecule has 1 heterocycles. The van der Waals surface area contributed by atoms with Gasteiger partial charge in [0.15, 0.2) is 0 Å². The number of hydrogen-bond acceptors (Lipinski definition) is 2. The summed E-state index contributed by atoms with van der Waals surface area (Å²) < 4.78 is 0. The fraction of sp³-hybridized carbons (Fsp3) is 0.909. The molecule has 14 heavy (non-hydrogen) atoms. The highest BCUT2D eigenvalue weighted by atomic mass is 16.2. The Labute approximate surface area is 86.9 Å². The van der Waals surface area contributed by atoms with Crippen LogP contribution in [0.4, 0.5) is 0 Å². The molecule has 2 atom stereocenters. The molecule has 0 aromatic rings. The van der Waals surface area contributed by atoms with Gasteiger partial charge in [-0.3, -0.25) is 4.79 Å². The van der Waals surface area contributed by atoms with Gasteiger partial charge >= 0.3 is 0 Å². The van der Waals surface area contributed by atoms with E-state index in [0.29, 0.717) is 24.3 Å². The first-order chi connectivity index (χ1) is 6.38. The second kappa shape index (κ2) is 3.89. The zero-order chi connectivity index (χ0) is 10.9. The van der Waals surface area contributed by atoms with E-state index in [0.717, 1.165) is 6.54 Å². The first-order valence-electron chi connectivity index (χ1n) is 5.34. The number of rotatable bonds is 2. The molecule has 3 nitrogen and oxygen atoms in total. The molecule has 1 N–H and O–H groups in total. The van der Waals surface area contributed by atoms with E-state index in [9.17, 15) is 4.79 Å². The number of amides is 1. The van der Waals surface area contributed by atoms with E-state index in [2.05, 4.69) is 33.0 Å². The maximum Gasteiger partial charge on any atom is 0.223 e. The first kappa shape index (κ1) is 11.5. The van der Waals surface area contributed by atoms with Crippen molar-refractivity contribution in [2.75, 3.05) is 13.6 Å². The highest BCUT2D eigenvalue weighted by molar-refractivity contribution is 5.80. The standard InChI is InChI=1S/C11H22N2O/c1-8-9(7-12-5)6-10(14)13(8)11(2,3)4/h8-9,12H,6-7H2,1-5H3. The predicted octanol–water partition coefficient (Wildman–Crippen LogP) is 1.24. The molecule has 0 aromatic heterocycles. The molecular formula is C11H22N2O. The third-order valence-corrected chi connectivity index (χ3v) is 2.98. The van der Waals surface area contributed by atoms with Gasteiger partial charge in [0, 0.05) is 30.5 Å². The molecule has 1 aliphatic rings. The number of nitrogens with zero attached hydrogens (tertiary/aromatic N) is 1. The lowest BCUT2D eigenvalue weighted by Crippen LogP contribution is -2.47. The van der Waals surface area contributed by atoms with Crippen molar-refractivity contribution in [2.24, 2.45) is 5.92 Å². The molecule has 0 aromatic carbocycles. The zero-order valence-electron chi connectivity index (χ0n) is 9.92. The number of nitrogens with one attached hydrogen (secondary N) is 1. The zero-order valence-corrected chi connectivity index (χ0v) is 9.92. The van der Waals surface area contributed by atoms with Crippen LogP contribution in [0.2, 0.25) is 0 Å². The Bertz CT molecular complexity index is 220. The molecule has 0 aliphatic carbocycles. The Morgan fingerprint density at radius 1 is 1.50 bits per heavy atom. The second-order valence-corrected chi connectivity index (χ2v) is 5.20. The van der Waals surface area contributed by atoms with Crippen LogP contribution in [-0.2, 0) is 4.79 Å². The Balaban J connectivity index is 2.75. The summed E-state index contributed by atoms with van der Waals surface area (Å²) in [5.41, 5.74) is -0.0427. The van der Waals surface area contributed by atoms with E-state index in [4.69, 9.17) is 0 Å². The van der Waals surface area contributed by atoms with E-state index in [1.807, 2.05) is 11.9 Å². The molecule has 0 radical (unpaired) electrons. The lowest BCUT2D eigenvalue weighted by Gasteiger charge is -2.37. The van der Waals surface area contributed by atoms with Gasteiger partial charge in [0.25, 0.3) is 0 Å². The van der Waals surface area contributed by atoms with Crippen LogP contribution in [0.1, 0.15) is 34.1 Å². The lowest BCUT2D eigenvalue weighted by molar-refractivity contribution is -0.133. The maximum atomic E-state index is 11.8. The van der Waals surface area contributed by atoms with Gasteiger partial charge in [0.1, 0.15) is 0 Å². The summed E-state index contributed by atoms with van der Waals surface area (Å²) in [6.45, 7) is 9.38. The van der Waals surface area contributed by atoms with Crippen LogP contribution in [0.5, 0.6) is 0 Å². The average Bonchev–Trinajstić information content (AvgIpc) is 2.26. The van der Waals surface area contributed by atoms with Crippen LogP contribution in [0, 0.1) is 5.92 Å². The van der Waals surface area contributed by atoms with Crippen molar-refractivity contribution in [3.63, 3.8) is 0 Å². The number of likely N-dealkylation sites (tertiary alicyclic amines) is 1. The molecule has 1 rings (SSSR count). The van der Waals surface area contributed by atoms with Crippen LogP contribution < -0.4 is 5.32 Å². The van der Waals surface area contributed by atoms with Crippen molar-refractivity contribution in [3.05, 3.63) is 0 Å². The Kier molecular flexibility index (Phi) is 3.20. The molecule has 82 valence electrons. The van der Waals surface area contributed by atoms with Gasteiger partial charge < -0.3 is 10.2 Å². The highest BCUT2D eigenvalue weighted by Crippen LogP contribution is 2.31. The van der Waals surface area contributed by atoms with E-state index in [1.165, 1.54) is 0 Å². The molecule has 0 spiro atoms. The molecule has 1 amide bonds. The van der Waals surface area contributed by atoms with Crippen molar-refractivity contribution in [2.45, 2.75) is 45.7 Å². The normalized spacial score (nSPS) is 28.6. The van der Waals surface area contributed by atoms with Gasteiger partial charge in [0.05, 0.1) is 0 Å². The summed E-state index contributed by atoms with van der Waals surface area (Å²) >= 11 is 0. The van der Waals surface area contributed by atoms with Crippen LogP contribution in [0.25, 0.3) is 0 Å². The smallest absolute Gasteiger partial charge is 0.223 e. The van der Waals surface area contributed by atoms with Crippen molar-refractivity contribution < 1.29 is 4.79 Å². The van der Waals surface area contributed by atoms with E-state index >= 15 is 0 Å². The predicted molar refractivity (Wildman–Crippen MR) is 58.1 cm³/mol. The number of carbonyl (C=O) groups is 1. The lowest BCUT2D eigenvalue weighted by atomic mass is 9.99. The van der Waals surface area contributed by atoms with Crippen LogP contribution >= 0.6 is 0 Å². The molecular weight excluding hydrogens is 176 g/mol. The van der Waals surface area contributed by atoms with Crippen molar-refractivity contribution in [1.29, 1.82) is 0 Å². The topological polar surface area (TPSA) is 32.3 Å². The minimum absolute atomic E-state index is 0.0427. The van der Waals surface area contributed by atoms with Crippen molar-refractivity contribution >= 4 is 5.91 Å². The number of carbonyl (C=O) groups excluding carboxylic acids is 1. The quantitative estimate of drug-likeness (QED) is 0.724. The molecule has 1 fully saturated rings. The largest absolute Gasteiger partial charge is 0.335 e. The van der Waals surface area contributed by atoms with Gasteiger partial charge in [-0.05, 0) is 34.7 Å². The van der Waals surface area contributed by atoms with Crippen molar-refractivity contribution in [1.82, 2.24) is 10.2 Å². The summed E-state index contributed by atoms with van der Waals surface area (Å²) in [5, 5.41) is 3.15. The average molecular weight is 198 g/mol. The molecule has 1 saturated heterocycles. The molecule has 3 heteroatoms. The van der Waals surface area contributed by atoms with Crippen LogP contribution in [0.3, 0.4) is 0 Å². The Morgan fingerprint density at radius 2 is 2.07 bits per heavy atom. The van der Waals surface area contributed by atoms with E-state index < -0.39 is 0 Å². The highest BCUT2D eigenvalue weighted by Gasteiger charge is 2.41. The summed E-state index contributed by atoms with van der Waals surface area (Å²) in [6, 6.07) is 0.356. The van der Waals surface area contributed by atoms with Gasteiger partial charge in [-0.2, -0.15) is 0 Å². The third kappa shape index (κ3) is 2.08. The van der Waals surface area contributed by atoms with Crippen LogP contribution in [0.15, 0.2) is 0 Å². The van der Waals surface area contributed by atoms with Crippen molar-refractivity contribution in [3.8, 4) is 0 Å². The van der Waals surface area contributed by atoms with E-state index in [-0.39, 0.29) is 5.54 Å². The summed E-state index contributed by atoms with van der Waals surface area (Å²) in [6.07, 6.45) is 0.694. The fourth-order valence-electron chi connectivity index (χ4n) is 2.42. The third-order valence-electron chi connectivity index (χ3n) is 2.98. The molecule has 1 aliphatic heterocycles. The SMILES string of the molecule is CNCC1CC(=O)N(C(C)(C)C)C1C. The molecule has 2 unspecified atom stereocenters. The summed E-state index contributed by atoms with van der Waals surface area (Å²) in [4.78, 5) is 13.8. The van der Waals surface area contributed by atoms with Gasteiger partial charge in [-0.1, -0.05) is 0 Å². The molecule has 0 bridgehead atoms. The molecule has 0 saturated carbocycles. The van der Waals surface area contributed by atoms with Crippen LogP contribution in [-0.4, -0.2) is 36.0 Å². The van der Waals surface area contributed by atoms with Gasteiger partial charge in [-0.25, -0.2) is 0 Å². The summed E-state index contributed by atoms with van der Waals surface area (Å²) in [5.74, 6) is 0.761.